The van der Waals surface area contributed by atoms with Gasteiger partial charge in [-0.1, -0.05) is 24.3 Å². The number of pyridine rings is 3. The Hall–Kier alpha value is -4.56. The summed E-state index contributed by atoms with van der Waals surface area (Å²) < 4.78 is 7.08. The lowest BCUT2D eigenvalue weighted by Crippen LogP contribution is -2.36. The van der Waals surface area contributed by atoms with Crippen molar-refractivity contribution in [3.63, 3.8) is 0 Å². The standard InChI is InChI=1S/C29H24N6O2/c1-34-28-26(20-7-9-25(31-16-20)35-10-12-37-13-11-35)32-24-8-6-18(15-22(24)27(28)33-29(34)36)21-14-19-4-2-3-5-23(19)30-17-21/h2-9,14-17H,10-13H2,1H3,(H,33,36). The molecule has 1 N–H and O–H groups in total. The summed E-state index contributed by atoms with van der Waals surface area (Å²) >= 11 is 0. The Morgan fingerprint density at radius 2 is 1.68 bits per heavy atom. The molecule has 6 aromatic rings. The number of H-pyrrole nitrogens is 1. The molecule has 0 aliphatic carbocycles. The topological polar surface area (TPSA) is 88.9 Å². The van der Waals surface area contributed by atoms with E-state index in [-0.39, 0.29) is 5.69 Å². The zero-order chi connectivity index (χ0) is 24.9. The van der Waals surface area contributed by atoms with Crippen molar-refractivity contribution in [2.75, 3.05) is 31.2 Å². The molecule has 0 spiro atoms. The number of imidazole rings is 1. The second-order valence-corrected chi connectivity index (χ2v) is 9.33. The maximum Gasteiger partial charge on any atom is 0.326 e. The van der Waals surface area contributed by atoms with Crippen LogP contribution in [0.25, 0.3) is 55.2 Å². The fraction of sp³-hybridized carbons (Fsp3) is 0.172. The van der Waals surface area contributed by atoms with Gasteiger partial charge < -0.3 is 14.6 Å². The van der Waals surface area contributed by atoms with Crippen molar-refractivity contribution in [3.8, 4) is 22.4 Å². The molecule has 5 heterocycles. The third-order valence-corrected chi connectivity index (χ3v) is 7.11. The predicted molar refractivity (Wildman–Crippen MR) is 146 cm³/mol. The number of benzene rings is 2. The lowest BCUT2D eigenvalue weighted by molar-refractivity contribution is 0.122. The van der Waals surface area contributed by atoms with E-state index in [0.717, 1.165) is 74.1 Å². The number of nitrogens with zero attached hydrogens (tertiary/aromatic N) is 5. The highest BCUT2D eigenvalue weighted by Crippen LogP contribution is 2.33. The molecule has 0 atom stereocenters. The van der Waals surface area contributed by atoms with Gasteiger partial charge in [0.05, 0.1) is 41.0 Å². The molecule has 1 fully saturated rings. The summed E-state index contributed by atoms with van der Waals surface area (Å²) in [5, 5.41) is 1.97. The Bertz CT molecular complexity index is 1850. The Morgan fingerprint density at radius 3 is 2.51 bits per heavy atom. The van der Waals surface area contributed by atoms with Gasteiger partial charge in [-0.3, -0.25) is 9.55 Å². The highest BCUT2D eigenvalue weighted by atomic mass is 16.5. The summed E-state index contributed by atoms with van der Waals surface area (Å²) in [4.78, 5) is 32.4. The average Bonchev–Trinajstić information content (AvgIpc) is 3.26. The third kappa shape index (κ3) is 3.65. The number of hydrogen-bond donors (Lipinski definition) is 1. The monoisotopic (exact) mass is 488 g/mol. The number of nitrogens with one attached hydrogen (secondary N) is 1. The highest BCUT2D eigenvalue weighted by molar-refractivity contribution is 6.08. The molecular weight excluding hydrogens is 464 g/mol. The lowest BCUT2D eigenvalue weighted by atomic mass is 10.0. The van der Waals surface area contributed by atoms with Gasteiger partial charge in [0.15, 0.2) is 0 Å². The fourth-order valence-corrected chi connectivity index (χ4v) is 5.11. The first-order valence-corrected chi connectivity index (χ1v) is 12.3. The second kappa shape index (κ2) is 8.53. The van der Waals surface area contributed by atoms with E-state index >= 15 is 0 Å². The molecule has 182 valence electrons. The first kappa shape index (κ1) is 21.7. The Labute approximate surface area is 212 Å². The molecular formula is C29H24N6O2. The van der Waals surface area contributed by atoms with Crippen molar-refractivity contribution in [1.82, 2.24) is 24.5 Å². The molecule has 2 aromatic carbocycles. The van der Waals surface area contributed by atoms with Gasteiger partial charge in [-0.05, 0) is 42.0 Å². The summed E-state index contributed by atoms with van der Waals surface area (Å²) in [6, 6.07) is 20.4. The smallest absolute Gasteiger partial charge is 0.326 e. The number of aryl methyl sites for hydroxylation is 1. The van der Waals surface area contributed by atoms with Crippen LogP contribution in [0.1, 0.15) is 0 Å². The maximum absolute atomic E-state index is 12.8. The first-order valence-electron chi connectivity index (χ1n) is 12.3. The number of fused-ring (bicyclic) bond motifs is 4. The SMILES string of the molecule is Cn1c(=O)[nH]c2c3cc(-c4cnc5ccccc5c4)ccc3nc(-c3ccc(N4CCOCC4)nc3)c21. The summed E-state index contributed by atoms with van der Waals surface area (Å²) in [6.45, 7) is 3.07. The van der Waals surface area contributed by atoms with Crippen molar-refractivity contribution in [3.05, 3.63) is 83.5 Å². The molecule has 37 heavy (non-hydrogen) atoms. The van der Waals surface area contributed by atoms with E-state index in [1.807, 2.05) is 48.8 Å². The fourth-order valence-electron chi connectivity index (χ4n) is 5.11. The molecule has 1 aliphatic rings. The second-order valence-electron chi connectivity index (χ2n) is 9.33. The Kier molecular flexibility index (Phi) is 5.00. The number of rotatable bonds is 3. The Balaban J connectivity index is 1.37. The van der Waals surface area contributed by atoms with Gasteiger partial charge in [-0.2, -0.15) is 0 Å². The zero-order valence-electron chi connectivity index (χ0n) is 20.3. The molecule has 0 unspecified atom stereocenters. The molecule has 8 heteroatoms. The number of para-hydroxylation sites is 1. The summed E-state index contributed by atoms with van der Waals surface area (Å²) in [5.41, 5.74) is 6.72. The van der Waals surface area contributed by atoms with Crippen molar-refractivity contribution in [1.29, 1.82) is 0 Å². The van der Waals surface area contributed by atoms with Crippen LogP contribution in [0.2, 0.25) is 0 Å². The van der Waals surface area contributed by atoms with Crippen LogP contribution in [-0.4, -0.2) is 50.8 Å². The van der Waals surface area contributed by atoms with Crippen molar-refractivity contribution in [2.45, 2.75) is 0 Å². The molecule has 0 saturated carbocycles. The van der Waals surface area contributed by atoms with Crippen molar-refractivity contribution in [2.24, 2.45) is 7.05 Å². The minimum Gasteiger partial charge on any atom is -0.378 e. The summed E-state index contributed by atoms with van der Waals surface area (Å²) in [5.74, 6) is 0.917. The number of aromatic nitrogens is 5. The van der Waals surface area contributed by atoms with Crippen molar-refractivity contribution >= 4 is 38.7 Å². The van der Waals surface area contributed by atoms with Crippen LogP contribution < -0.4 is 10.6 Å². The summed E-state index contributed by atoms with van der Waals surface area (Å²) in [6.07, 6.45) is 3.73. The van der Waals surface area contributed by atoms with Gasteiger partial charge in [-0.15, -0.1) is 0 Å². The number of hydrogen-bond acceptors (Lipinski definition) is 6. The van der Waals surface area contributed by atoms with Gasteiger partial charge >= 0.3 is 5.69 Å². The van der Waals surface area contributed by atoms with Crippen LogP contribution in [0.5, 0.6) is 0 Å². The van der Waals surface area contributed by atoms with Crippen LogP contribution in [0.3, 0.4) is 0 Å². The van der Waals surface area contributed by atoms with Gasteiger partial charge in [0.1, 0.15) is 5.82 Å². The number of morpholine rings is 1. The lowest BCUT2D eigenvalue weighted by Gasteiger charge is -2.27. The van der Waals surface area contributed by atoms with E-state index in [1.54, 1.807) is 11.6 Å². The zero-order valence-corrected chi connectivity index (χ0v) is 20.3. The molecule has 0 amide bonds. The minimum absolute atomic E-state index is 0.179. The van der Waals surface area contributed by atoms with Crippen LogP contribution in [0, 0.1) is 0 Å². The molecule has 8 nitrogen and oxygen atoms in total. The molecule has 1 aliphatic heterocycles. The maximum atomic E-state index is 12.8. The van der Waals surface area contributed by atoms with Gasteiger partial charge in [0.25, 0.3) is 0 Å². The van der Waals surface area contributed by atoms with Gasteiger partial charge in [-0.25, -0.2) is 14.8 Å². The molecule has 4 aromatic heterocycles. The van der Waals surface area contributed by atoms with Crippen LogP contribution >= 0.6 is 0 Å². The first-order chi connectivity index (χ1) is 18.2. The largest absolute Gasteiger partial charge is 0.378 e. The number of ether oxygens (including phenoxy) is 1. The van der Waals surface area contributed by atoms with Gasteiger partial charge in [0.2, 0.25) is 0 Å². The normalized spacial score (nSPS) is 14.1. The quantitative estimate of drug-likeness (QED) is 0.394. The number of aromatic amines is 1. The van der Waals surface area contributed by atoms with Crippen molar-refractivity contribution < 1.29 is 4.74 Å². The third-order valence-electron chi connectivity index (χ3n) is 7.11. The molecule has 0 bridgehead atoms. The van der Waals surface area contributed by atoms with E-state index in [2.05, 4.69) is 39.1 Å². The predicted octanol–water partition coefficient (Wildman–Crippen LogP) is 4.53. The number of anilines is 1. The van der Waals surface area contributed by atoms with Crippen LogP contribution in [0.4, 0.5) is 5.82 Å². The van der Waals surface area contributed by atoms with Gasteiger partial charge in [0, 0.05) is 54.4 Å². The minimum atomic E-state index is -0.179. The van der Waals surface area contributed by atoms with E-state index in [0.29, 0.717) is 13.2 Å². The van der Waals surface area contributed by atoms with E-state index in [4.69, 9.17) is 14.7 Å². The van der Waals surface area contributed by atoms with E-state index in [9.17, 15) is 4.79 Å². The Morgan fingerprint density at radius 1 is 0.865 bits per heavy atom. The molecule has 1 saturated heterocycles. The molecule has 7 rings (SSSR count). The molecule has 0 radical (unpaired) electrons. The van der Waals surface area contributed by atoms with E-state index < -0.39 is 0 Å². The highest BCUT2D eigenvalue weighted by Gasteiger charge is 2.18. The van der Waals surface area contributed by atoms with Crippen LogP contribution in [-0.2, 0) is 11.8 Å². The van der Waals surface area contributed by atoms with E-state index in [1.165, 1.54) is 0 Å². The summed E-state index contributed by atoms with van der Waals surface area (Å²) in [7, 11) is 1.77. The van der Waals surface area contributed by atoms with Crippen LogP contribution in [0.15, 0.2) is 77.9 Å². The average molecular weight is 489 g/mol.